The van der Waals surface area contributed by atoms with Gasteiger partial charge in [-0.1, -0.05) is 36.4 Å². The molecule has 0 bridgehead atoms. The van der Waals surface area contributed by atoms with Gasteiger partial charge in [0.1, 0.15) is 0 Å². The number of fused-ring (bicyclic) bond motifs is 1. The maximum atomic E-state index is 12.5. The van der Waals surface area contributed by atoms with Crippen LogP contribution >= 0.6 is 0 Å². The maximum absolute atomic E-state index is 12.5. The van der Waals surface area contributed by atoms with Crippen LogP contribution in [0.1, 0.15) is 12.8 Å². The zero-order valence-electron chi connectivity index (χ0n) is 13.9. The van der Waals surface area contributed by atoms with Crippen LogP contribution in [-0.2, 0) is 4.79 Å². The highest BCUT2D eigenvalue weighted by Gasteiger charge is 2.25. The molecule has 5 heteroatoms. The van der Waals surface area contributed by atoms with E-state index in [1.807, 2.05) is 48.5 Å². The summed E-state index contributed by atoms with van der Waals surface area (Å²) in [4.78, 5) is 14.9. The molecule has 1 aliphatic heterocycles. The number of hydrogen-bond donors (Lipinski definition) is 1. The third-order valence-electron chi connectivity index (χ3n) is 4.73. The number of nitrogens with zero attached hydrogens (tertiary/aromatic N) is 3. The van der Waals surface area contributed by atoms with Crippen molar-refractivity contribution in [3.05, 3.63) is 60.7 Å². The van der Waals surface area contributed by atoms with Crippen LogP contribution in [0.2, 0.25) is 0 Å². The van der Waals surface area contributed by atoms with Crippen LogP contribution in [-0.4, -0.2) is 29.2 Å². The molecule has 0 atom stereocenters. The average molecular weight is 332 g/mol. The van der Waals surface area contributed by atoms with Gasteiger partial charge >= 0.3 is 0 Å². The Kier molecular flexibility index (Phi) is 4.29. The van der Waals surface area contributed by atoms with E-state index in [2.05, 4.69) is 32.5 Å². The fraction of sp³-hybridized carbons (Fsp3) is 0.250. The molecule has 4 rings (SSSR count). The van der Waals surface area contributed by atoms with Crippen molar-refractivity contribution in [1.82, 2.24) is 10.2 Å². The van der Waals surface area contributed by atoms with E-state index in [-0.39, 0.29) is 11.8 Å². The van der Waals surface area contributed by atoms with E-state index in [1.165, 1.54) is 5.69 Å². The quantitative estimate of drug-likeness (QED) is 0.798. The predicted octanol–water partition coefficient (Wildman–Crippen LogP) is 3.48. The van der Waals surface area contributed by atoms with Crippen molar-refractivity contribution < 1.29 is 4.79 Å². The Morgan fingerprint density at radius 2 is 1.68 bits per heavy atom. The first-order valence-corrected chi connectivity index (χ1v) is 8.63. The molecule has 0 unspecified atom stereocenters. The third-order valence-corrected chi connectivity index (χ3v) is 4.73. The molecule has 2 heterocycles. The zero-order chi connectivity index (χ0) is 17.1. The van der Waals surface area contributed by atoms with Gasteiger partial charge in [0.2, 0.25) is 5.91 Å². The number of nitrogens with one attached hydrogen (secondary N) is 1. The smallest absolute Gasteiger partial charge is 0.228 e. The van der Waals surface area contributed by atoms with Crippen molar-refractivity contribution >= 4 is 28.3 Å². The summed E-state index contributed by atoms with van der Waals surface area (Å²) in [6, 6.07) is 20.0. The van der Waals surface area contributed by atoms with Gasteiger partial charge in [0.15, 0.2) is 5.82 Å². The van der Waals surface area contributed by atoms with Gasteiger partial charge in [-0.25, -0.2) is 0 Å². The van der Waals surface area contributed by atoms with Crippen LogP contribution in [0.5, 0.6) is 0 Å². The van der Waals surface area contributed by atoms with Gasteiger partial charge in [-0.05, 0) is 37.1 Å². The van der Waals surface area contributed by atoms with Gasteiger partial charge < -0.3 is 10.2 Å². The second-order valence-electron chi connectivity index (χ2n) is 6.37. The second kappa shape index (κ2) is 6.89. The molecule has 3 aromatic rings. The Morgan fingerprint density at radius 3 is 2.48 bits per heavy atom. The van der Waals surface area contributed by atoms with Crippen molar-refractivity contribution in [2.45, 2.75) is 12.8 Å². The number of anilines is 2. The number of amides is 1. The number of rotatable bonds is 3. The first-order valence-electron chi connectivity index (χ1n) is 8.63. The Hall–Kier alpha value is -2.95. The number of piperidine rings is 1. The summed E-state index contributed by atoms with van der Waals surface area (Å²) in [5.74, 6) is 0.583. The van der Waals surface area contributed by atoms with Crippen LogP contribution in [0.4, 0.5) is 11.5 Å². The molecule has 1 saturated heterocycles. The van der Waals surface area contributed by atoms with Crippen LogP contribution in [0.3, 0.4) is 0 Å². The normalized spacial score (nSPS) is 15.3. The van der Waals surface area contributed by atoms with E-state index in [1.54, 1.807) is 0 Å². The minimum Gasteiger partial charge on any atom is -0.371 e. The molecular formula is C20H20N4O. The van der Waals surface area contributed by atoms with Gasteiger partial charge in [0.05, 0.1) is 5.52 Å². The number of aromatic nitrogens is 2. The minimum absolute atomic E-state index is 0.0215. The lowest BCUT2D eigenvalue weighted by atomic mass is 9.95. The van der Waals surface area contributed by atoms with Crippen molar-refractivity contribution in [2.75, 3.05) is 23.3 Å². The average Bonchev–Trinajstić information content (AvgIpc) is 2.69. The molecule has 5 nitrogen and oxygen atoms in total. The summed E-state index contributed by atoms with van der Waals surface area (Å²) < 4.78 is 0. The molecule has 0 spiro atoms. The molecular weight excluding hydrogens is 312 g/mol. The second-order valence-corrected chi connectivity index (χ2v) is 6.37. The van der Waals surface area contributed by atoms with Gasteiger partial charge in [-0.15, -0.1) is 10.2 Å². The molecule has 0 radical (unpaired) electrons. The highest BCUT2D eigenvalue weighted by Crippen LogP contribution is 2.24. The fourth-order valence-electron chi connectivity index (χ4n) is 3.31. The van der Waals surface area contributed by atoms with Crippen LogP contribution in [0.15, 0.2) is 60.7 Å². The van der Waals surface area contributed by atoms with Gasteiger partial charge in [-0.3, -0.25) is 4.79 Å². The summed E-state index contributed by atoms with van der Waals surface area (Å²) in [5, 5.41) is 12.2. The van der Waals surface area contributed by atoms with Crippen molar-refractivity contribution in [1.29, 1.82) is 0 Å². The molecule has 0 saturated carbocycles. The number of benzene rings is 2. The van der Waals surface area contributed by atoms with E-state index in [0.29, 0.717) is 5.82 Å². The lowest BCUT2D eigenvalue weighted by Crippen LogP contribution is -2.38. The zero-order valence-corrected chi connectivity index (χ0v) is 13.9. The van der Waals surface area contributed by atoms with Gasteiger partial charge in [0, 0.05) is 30.1 Å². The number of carbonyl (C=O) groups excluding carboxylic acids is 1. The van der Waals surface area contributed by atoms with E-state index < -0.39 is 0 Å². The summed E-state index contributed by atoms with van der Waals surface area (Å²) >= 11 is 0. The molecule has 0 aliphatic carbocycles. The Labute approximate surface area is 146 Å². The third kappa shape index (κ3) is 3.45. The predicted molar refractivity (Wildman–Crippen MR) is 99.5 cm³/mol. The molecule has 25 heavy (non-hydrogen) atoms. The largest absolute Gasteiger partial charge is 0.371 e. The van der Waals surface area contributed by atoms with Crippen molar-refractivity contribution in [2.24, 2.45) is 5.92 Å². The van der Waals surface area contributed by atoms with E-state index in [4.69, 9.17) is 0 Å². The maximum Gasteiger partial charge on any atom is 0.228 e. The Balaban J connectivity index is 1.38. The molecule has 1 fully saturated rings. The summed E-state index contributed by atoms with van der Waals surface area (Å²) in [6.45, 7) is 1.79. The highest BCUT2D eigenvalue weighted by atomic mass is 16.2. The van der Waals surface area contributed by atoms with E-state index in [0.717, 1.165) is 36.8 Å². The first-order chi connectivity index (χ1) is 12.3. The van der Waals surface area contributed by atoms with Crippen LogP contribution < -0.4 is 10.2 Å². The molecule has 1 aliphatic rings. The van der Waals surface area contributed by atoms with E-state index >= 15 is 0 Å². The molecule has 1 aromatic heterocycles. The number of hydrogen-bond acceptors (Lipinski definition) is 4. The van der Waals surface area contributed by atoms with Crippen molar-refractivity contribution in [3.63, 3.8) is 0 Å². The van der Waals surface area contributed by atoms with Crippen molar-refractivity contribution in [3.8, 4) is 0 Å². The number of para-hydroxylation sites is 1. The van der Waals surface area contributed by atoms with Gasteiger partial charge in [-0.2, -0.15) is 0 Å². The minimum atomic E-state index is 0.0215. The number of carbonyl (C=O) groups is 1. The molecule has 126 valence electrons. The Morgan fingerprint density at radius 1 is 0.960 bits per heavy atom. The topological polar surface area (TPSA) is 58.1 Å². The fourth-order valence-corrected chi connectivity index (χ4v) is 3.31. The monoisotopic (exact) mass is 332 g/mol. The van der Waals surface area contributed by atoms with E-state index in [9.17, 15) is 4.79 Å². The summed E-state index contributed by atoms with van der Waals surface area (Å²) in [6.07, 6.45) is 1.70. The SMILES string of the molecule is O=C(Nc1cc2ccccc2nn1)C1CCN(c2ccccc2)CC1. The molecule has 2 aromatic carbocycles. The van der Waals surface area contributed by atoms with Crippen LogP contribution in [0.25, 0.3) is 10.9 Å². The Bertz CT molecular complexity index is 873. The summed E-state index contributed by atoms with van der Waals surface area (Å²) in [7, 11) is 0. The lowest BCUT2D eigenvalue weighted by molar-refractivity contribution is -0.120. The van der Waals surface area contributed by atoms with Gasteiger partial charge in [0.25, 0.3) is 0 Å². The molecule has 1 amide bonds. The highest BCUT2D eigenvalue weighted by molar-refractivity contribution is 5.93. The first kappa shape index (κ1) is 15.6. The standard InChI is InChI=1S/C20H20N4O/c25-20(21-19-14-16-6-4-5-9-18(16)22-23-19)15-10-12-24(13-11-15)17-7-2-1-3-8-17/h1-9,14-15H,10-13H2,(H,21,23,25). The lowest BCUT2D eigenvalue weighted by Gasteiger charge is -2.32. The summed E-state index contributed by atoms with van der Waals surface area (Å²) in [5.41, 5.74) is 2.05. The molecule has 1 N–H and O–H groups in total. The van der Waals surface area contributed by atoms with Crippen LogP contribution in [0, 0.1) is 5.92 Å².